The molecular formula is C14H22O3. The van der Waals surface area contributed by atoms with E-state index >= 15 is 0 Å². The summed E-state index contributed by atoms with van der Waals surface area (Å²) in [6.07, 6.45) is 7.81. The number of ether oxygens (including phenoxy) is 2. The first-order valence-corrected chi connectivity index (χ1v) is 6.27. The van der Waals surface area contributed by atoms with Gasteiger partial charge in [-0.15, -0.1) is 6.58 Å². The smallest absolute Gasteiger partial charge is 0.335 e. The molecule has 0 aromatic heterocycles. The van der Waals surface area contributed by atoms with Crippen molar-refractivity contribution in [3.63, 3.8) is 0 Å². The maximum absolute atomic E-state index is 11.6. The number of hydrogen-bond acceptors (Lipinski definition) is 3. The van der Waals surface area contributed by atoms with E-state index in [0.717, 1.165) is 0 Å². The first-order chi connectivity index (χ1) is 8.24. The molecule has 1 fully saturated rings. The van der Waals surface area contributed by atoms with Crippen molar-refractivity contribution < 1.29 is 14.3 Å². The van der Waals surface area contributed by atoms with E-state index in [2.05, 4.69) is 13.2 Å². The molecule has 0 bridgehead atoms. The van der Waals surface area contributed by atoms with Crippen LogP contribution < -0.4 is 0 Å². The van der Waals surface area contributed by atoms with Crippen molar-refractivity contribution >= 4 is 5.97 Å². The van der Waals surface area contributed by atoms with E-state index in [1.54, 1.807) is 6.08 Å². The van der Waals surface area contributed by atoms with Gasteiger partial charge in [-0.2, -0.15) is 0 Å². The third-order valence-corrected chi connectivity index (χ3v) is 2.98. The summed E-state index contributed by atoms with van der Waals surface area (Å²) < 4.78 is 10.4. The van der Waals surface area contributed by atoms with Gasteiger partial charge in [-0.3, -0.25) is 0 Å². The molecule has 17 heavy (non-hydrogen) atoms. The van der Waals surface area contributed by atoms with Gasteiger partial charge in [0.05, 0.1) is 25.4 Å². The van der Waals surface area contributed by atoms with Gasteiger partial charge in [0, 0.05) is 0 Å². The monoisotopic (exact) mass is 238 g/mol. The molecule has 0 spiro atoms. The van der Waals surface area contributed by atoms with Gasteiger partial charge in [0.25, 0.3) is 0 Å². The van der Waals surface area contributed by atoms with Gasteiger partial charge >= 0.3 is 5.97 Å². The fourth-order valence-electron chi connectivity index (χ4n) is 1.97. The van der Waals surface area contributed by atoms with Crippen LogP contribution in [0, 0.1) is 5.92 Å². The summed E-state index contributed by atoms with van der Waals surface area (Å²) in [5, 5.41) is 0. The lowest BCUT2D eigenvalue weighted by Crippen LogP contribution is -2.19. The highest BCUT2D eigenvalue weighted by Gasteiger charge is 2.16. The zero-order valence-electron chi connectivity index (χ0n) is 10.5. The van der Waals surface area contributed by atoms with E-state index in [0.29, 0.717) is 24.7 Å². The zero-order valence-corrected chi connectivity index (χ0v) is 10.5. The molecule has 1 rings (SSSR count). The maximum Gasteiger partial charge on any atom is 0.335 e. The molecule has 0 N–H and O–H groups in total. The standard InChI is InChI=1S/C14H22O3/c1-3-9-16-10-12(2)14(15)17-11-13-7-5-4-6-8-13/h3,13H,1-2,4-11H2. The summed E-state index contributed by atoms with van der Waals surface area (Å²) in [6, 6.07) is 0. The molecule has 1 aliphatic rings. The Balaban J connectivity index is 2.14. The predicted molar refractivity (Wildman–Crippen MR) is 67.7 cm³/mol. The SMILES string of the molecule is C=CCOCC(=C)C(=O)OCC1CCCCC1. The predicted octanol–water partition coefficient (Wildman–Crippen LogP) is 2.87. The molecule has 0 aromatic carbocycles. The van der Waals surface area contributed by atoms with Crippen molar-refractivity contribution in [1.82, 2.24) is 0 Å². The van der Waals surface area contributed by atoms with Gasteiger partial charge in [0.2, 0.25) is 0 Å². The van der Waals surface area contributed by atoms with Gasteiger partial charge in [0.15, 0.2) is 0 Å². The number of carbonyl (C=O) groups excluding carboxylic acids is 1. The van der Waals surface area contributed by atoms with Crippen LogP contribution in [-0.2, 0) is 14.3 Å². The van der Waals surface area contributed by atoms with E-state index in [4.69, 9.17) is 9.47 Å². The summed E-state index contributed by atoms with van der Waals surface area (Å²) in [7, 11) is 0. The highest BCUT2D eigenvalue weighted by atomic mass is 16.5. The molecule has 3 heteroatoms. The highest BCUT2D eigenvalue weighted by Crippen LogP contribution is 2.23. The summed E-state index contributed by atoms with van der Waals surface area (Å²) in [5.41, 5.74) is 0.377. The molecule has 0 radical (unpaired) electrons. The van der Waals surface area contributed by atoms with Gasteiger partial charge < -0.3 is 9.47 Å². The zero-order chi connectivity index (χ0) is 12.5. The van der Waals surface area contributed by atoms with Crippen LogP contribution in [0.3, 0.4) is 0 Å². The Labute approximate surface area is 103 Å². The molecule has 0 heterocycles. The first kappa shape index (κ1) is 14.0. The Kier molecular flexibility index (Phi) is 6.63. The second-order valence-electron chi connectivity index (χ2n) is 4.51. The summed E-state index contributed by atoms with van der Waals surface area (Å²) in [6.45, 7) is 8.36. The molecule has 0 amide bonds. The second-order valence-corrected chi connectivity index (χ2v) is 4.51. The van der Waals surface area contributed by atoms with Crippen LogP contribution in [0.25, 0.3) is 0 Å². The topological polar surface area (TPSA) is 35.5 Å². The Bertz CT molecular complexity index is 265. The Hall–Kier alpha value is -1.09. The minimum atomic E-state index is -0.334. The Morgan fingerprint density at radius 3 is 2.65 bits per heavy atom. The fraction of sp³-hybridized carbons (Fsp3) is 0.643. The van der Waals surface area contributed by atoms with Crippen LogP contribution in [0.1, 0.15) is 32.1 Å². The second kappa shape index (κ2) is 8.07. The van der Waals surface area contributed by atoms with E-state index in [1.165, 1.54) is 32.1 Å². The van der Waals surface area contributed by atoms with Crippen molar-refractivity contribution in [1.29, 1.82) is 0 Å². The van der Waals surface area contributed by atoms with Crippen LogP contribution in [-0.4, -0.2) is 25.8 Å². The van der Waals surface area contributed by atoms with Gasteiger partial charge in [-0.1, -0.05) is 31.9 Å². The molecule has 96 valence electrons. The molecule has 1 saturated carbocycles. The van der Waals surface area contributed by atoms with Crippen molar-refractivity contribution in [2.24, 2.45) is 5.92 Å². The third-order valence-electron chi connectivity index (χ3n) is 2.98. The van der Waals surface area contributed by atoms with E-state index < -0.39 is 0 Å². The lowest BCUT2D eigenvalue weighted by molar-refractivity contribution is -0.141. The molecular weight excluding hydrogens is 216 g/mol. The Morgan fingerprint density at radius 2 is 2.00 bits per heavy atom. The lowest BCUT2D eigenvalue weighted by Gasteiger charge is -2.21. The average molecular weight is 238 g/mol. The van der Waals surface area contributed by atoms with E-state index in [-0.39, 0.29) is 12.6 Å². The normalized spacial score (nSPS) is 16.5. The van der Waals surface area contributed by atoms with Gasteiger partial charge in [-0.25, -0.2) is 4.79 Å². The molecule has 3 nitrogen and oxygen atoms in total. The molecule has 0 saturated heterocycles. The van der Waals surface area contributed by atoms with Crippen LogP contribution in [0.15, 0.2) is 24.8 Å². The fourth-order valence-corrected chi connectivity index (χ4v) is 1.97. The van der Waals surface area contributed by atoms with Crippen LogP contribution in [0.5, 0.6) is 0 Å². The number of carbonyl (C=O) groups is 1. The van der Waals surface area contributed by atoms with Crippen LogP contribution in [0.4, 0.5) is 0 Å². The third kappa shape index (κ3) is 5.68. The molecule has 1 aliphatic carbocycles. The summed E-state index contributed by atoms with van der Waals surface area (Å²) >= 11 is 0. The quantitative estimate of drug-likeness (QED) is 0.296. The average Bonchev–Trinajstić information content (AvgIpc) is 2.37. The van der Waals surface area contributed by atoms with Crippen LogP contribution >= 0.6 is 0 Å². The molecule has 0 aromatic rings. The first-order valence-electron chi connectivity index (χ1n) is 6.27. The minimum absolute atomic E-state index is 0.218. The number of rotatable bonds is 7. The van der Waals surface area contributed by atoms with Crippen LogP contribution in [0.2, 0.25) is 0 Å². The summed E-state index contributed by atoms with van der Waals surface area (Å²) in [4.78, 5) is 11.6. The van der Waals surface area contributed by atoms with Crippen molar-refractivity contribution in [3.05, 3.63) is 24.8 Å². The minimum Gasteiger partial charge on any atom is -0.462 e. The van der Waals surface area contributed by atoms with Gasteiger partial charge in [-0.05, 0) is 18.8 Å². The maximum atomic E-state index is 11.6. The molecule has 0 aliphatic heterocycles. The Morgan fingerprint density at radius 1 is 1.29 bits per heavy atom. The van der Waals surface area contributed by atoms with Crippen molar-refractivity contribution in [3.8, 4) is 0 Å². The number of hydrogen-bond donors (Lipinski definition) is 0. The van der Waals surface area contributed by atoms with Crippen molar-refractivity contribution in [2.75, 3.05) is 19.8 Å². The number of esters is 1. The van der Waals surface area contributed by atoms with E-state index in [9.17, 15) is 4.79 Å². The summed E-state index contributed by atoms with van der Waals surface area (Å²) in [5.74, 6) is 0.203. The highest BCUT2D eigenvalue weighted by molar-refractivity contribution is 5.87. The van der Waals surface area contributed by atoms with Gasteiger partial charge in [0.1, 0.15) is 0 Å². The van der Waals surface area contributed by atoms with Crippen molar-refractivity contribution in [2.45, 2.75) is 32.1 Å². The lowest BCUT2D eigenvalue weighted by atomic mass is 9.90. The largest absolute Gasteiger partial charge is 0.462 e. The molecule has 0 unspecified atom stereocenters. The van der Waals surface area contributed by atoms with E-state index in [1.807, 2.05) is 0 Å². The molecule has 0 atom stereocenters.